The van der Waals surface area contributed by atoms with E-state index in [-0.39, 0.29) is 17.6 Å². The molecule has 0 radical (unpaired) electrons. The second kappa shape index (κ2) is 8.83. The highest BCUT2D eigenvalue weighted by Crippen LogP contribution is 2.43. The van der Waals surface area contributed by atoms with E-state index < -0.39 is 0 Å². The maximum atomic E-state index is 6.47. The fourth-order valence-corrected chi connectivity index (χ4v) is 5.79. The number of ether oxygens (including phenoxy) is 1. The first-order valence-electron chi connectivity index (χ1n) is 10.5. The Hall–Kier alpha value is -1.05. The monoisotopic (exact) mass is 466 g/mol. The highest BCUT2D eigenvalue weighted by atomic mass is 35.5. The second-order valence-corrected chi connectivity index (χ2v) is 10.1. The molecule has 4 rings (SSSR count). The van der Waals surface area contributed by atoms with Crippen molar-refractivity contribution in [1.82, 2.24) is 9.97 Å². The van der Waals surface area contributed by atoms with Gasteiger partial charge in [0.1, 0.15) is 5.03 Å². The topological polar surface area (TPSA) is 64.3 Å². The molecule has 1 aromatic heterocycles. The molecule has 2 saturated heterocycles. The lowest BCUT2D eigenvalue weighted by Gasteiger charge is -2.42. The number of rotatable bonds is 4. The van der Waals surface area contributed by atoms with Crippen LogP contribution in [0.4, 0.5) is 5.82 Å². The summed E-state index contributed by atoms with van der Waals surface area (Å²) < 4.78 is 5.86. The number of aryl methyl sites for hydroxylation is 2. The van der Waals surface area contributed by atoms with Crippen LogP contribution in [0.3, 0.4) is 0 Å². The molecule has 2 fully saturated rings. The number of nitrogens with zero attached hydrogens (tertiary/aromatic N) is 3. The molecule has 162 valence electrons. The number of piperidine rings is 1. The van der Waals surface area contributed by atoms with Crippen molar-refractivity contribution in [2.24, 2.45) is 11.1 Å². The predicted molar refractivity (Wildman–Crippen MR) is 124 cm³/mol. The summed E-state index contributed by atoms with van der Waals surface area (Å²) in [5, 5.41) is 1.97. The molecule has 2 atom stereocenters. The number of hydrogen-bond acceptors (Lipinski definition) is 6. The number of nitrogens with two attached hydrogens (primary N) is 1. The van der Waals surface area contributed by atoms with Gasteiger partial charge < -0.3 is 15.4 Å². The van der Waals surface area contributed by atoms with Crippen molar-refractivity contribution in [3.63, 3.8) is 0 Å². The molecule has 2 N–H and O–H groups in total. The van der Waals surface area contributed by atoms with E-state index in [9.17, 15) is 0 Å². The van der Waals surface area contributed by atoms with Gasteiger partial charge >= 0.3 is 0 Å². The molecular formula is C22H28Cl2N4OS. The molecule has 0 bridgehead atoms. The Morgan fingerprint density at radius 3 is 2.63 bits per heavy atom. The molecule has 2 aromatic rings. The first-order valence-corrected chi connectivity index (χ1v) is 12.0. The molecule has 8 heteroatoms. The Morgan fingerprint density at radius 2 is 2.00 bits per heavy atom. The first-order chi connectivity index (χ1) is 14.3. The number of halogens is 2. The summed E-state index contributed by atoms with van der Waals surface area (Å²) in [6.07, 6.45) is 3.01. The van der Waals surface area contributed by atoms with Crippen molar-refractivity contribution in [1.29, 1.82) is 0 Å². The van der Waals surface area contributed by atoms with Crippen molar-refractivity contribution in [2.75, 3.05) is 24.6 Å². The molecule has 0 aliphatic carbocycles. The average Bonchev–Trinajstić information content (AvgIpc) is 3.01. The average molecular weight is 467 g/mol. The molecule has 2 aliphatic heterocycles. The zero-order valence-corrected chi connectivity index (χ0v) is 19.9. The summed E-state index contributed by atoms with van der Waals surface area (Å²) in [6.45, 7) is 8.83. The summed E-state index contributed by atoms with van der Waals surface area (Å²) >= 11 is 14.1. The first kappa shape index (κ1) is 22.2. The van der Waals surface area contributed by atoms with Crippen LogP contribution in [0.1, 0.15) is 38.1 Å². The smallest absolute Gasteiger partial charge is 0.150 e. The highest BCUT2D eigenvalue weighted by molar-refractivity contribution is 7.99. The van der Waals surface area contributed by atoms with E-state index in [1.807, 2.05) is 19.1 Å². The van der Waals surface area contributed by atoms with Crippen LogP contribution in [0.2, 0.25) is 10.0 Å². The number of aromatic nitrogens is 2. The number of anilines is 1. The Balaban J connectivity index is 1.55. The summed E-state index contributed by atoms with van der Waals surface area (Å²) in [5.74, 6) is 0.993. The van der Waals surface area contributed by atoms with Crippen molar-refractivity contribution in [3.05, 3.63) is 39.6 Å². The van der Waals surface area contributed by atoms with Crippen LogP contribution < -0.4 is 10.6 Å². The summed E-state index contributed by atoms with van der Waals surface area (Å²) in [4.78, 5) is 13.2. The van der Waals surface area contributed by atoms with Crippen LogP contribution in [-0.4, -0.2) is 41.8 Å². The Kier molecular flexibility index (Phi) is 6.52. The fourth-order valence-electron chi connectivity index (χ4n) is 4.42. The van der Waals surface area contributed by atoms with Gasteiger partial charge in [-0.05, 0) is 45.2 Å². The molecular weight excluding hydrogens is 439 g/mol. The van der Waals surface area contributed by atoms with Crippen LogP contribution in [-0.2, 0) is 11.2 Å². The van der Waals surface area contributed by atoms with Crippen molar-refractivity contribution >= 4 is 40.8 Å². The molecule has 0 unspecified atom stereocenters. The zero-order valence-electron chi connectivity index (χ0n) is 17.6. The van der Waals surface area contributed by atoms with Gasteiger partial charge in [0.25, 0.3) is 0 Å². The molecule has 2 aliphatic rings. The minimum absolute atomic E-state index is 0.101. The van der Waals surface area contributed by atoms with Gasteiger partial charge in [0, 0.05) is 29.4 Å². The van der Waals surface area contributed by atoms with Crippen molar-refractivity contribution in [3.8, 4) is 0 Å². The normalized spacial score (nSPS) is 23.3. The maximum absolute atomic E-state index is 6.47. The van der Waals surface area contributed by atoms with Gasteiger partial charge in [-0.15, -0.1) is 0 Å². The van der Waals surface area contributed by atoms with E-state index in [2.05, 4.69) is 18.7 Å². The van der Waals surface area contributed by atoms with Crippen molar-refractivity contribution in [2.45, 2.75) is 62.1 Å². The van der Waals surface area contributed by atoms with Gasteiger partial charge in [-0.1, -0.05) is 48.0 Å². The lowest BCUT2D eigenvalue weighted by Crippen LogP contribution is -2.51. The second-order valence-electron chi connectivity index (χ2n) is 8.28. The Morgan fingerprint density at radius 1 is 1.27 bits per heavy atom. The van der Waals surface area contributed by atoms with Gasteiger partial charge in [-0.3, -0.25) is 0 Å². The van der Waals surface area contributed by atoms with Crippen molar-refractivity contribution < 1.29 is 4.74 Å². The summed E-state index contributed by atoms with van der Waals surface area (Å²) in [7, 11) is 0. The molecule has 1 spiro atoms. The molecule has 0 amide bonds. The van der Waals surface area contributed by atoms with Gasteiger partial charge in [0.05, 0.1) is 34.1 Å². The molecule has 5 nitrogen and oxygen atoms in total. The number of benzene rings is 1. The summed E-state index contributed by atoms with van der Waals surface area (Å²) in [6, 6.07) is 5.76. The maximum Gasteiger partial charge on any atom is 0.150 e. The van der Waals surface area contributed by atoms with Crippen LogP contribution in [0.5, 0.6) is 0 Å². The minimum atomic E-state index is 0.101. The molecule has 30 heavy (non-hydrogen) atoms. The third-order valence-electron chi connectivity index (χ3n) is 6.44. The van der Waals surface area contributed by atoms with E-state index in [4.69, 9.17) is 43.6 Å². The van der Waals surface area contributed by atoms with Crippen LogP contribution in [0.15, 0.2) is 28.1 Å². The molecule has 0 saturated carbocycles. The third kappa shape index (κ3) is 4.05. The van der Waals surface area contributed by atoms with Crippen LogP contribution in [0.25, 0.3) is 0 Å². The fraction of sp³-hybridized carbons (Fsp3) is 0.545. The lowest BCUT2D eigenvalue weighted by molar-refractivity contribution is 0.0974. The van der Waals surface area contributed by atoms with E-state index in [1.165, 1.54) is 11.8 Å². The standard InChI is InChI=1S/C22H28Cl2N4OS/c1-4-16-20(28-10-8-22(9-11-28)12-29-14(3)19(22)25)26-13(2)21(27-16)30-17-7-5-6-15(23)18(17)24/h5-7,14,19H,4,8-12,25H2,1-3H3/t14-,19+/m0/s1. The SMILES string of the molecule is CCc1nc(Sc2cccc(Cl)c2Cl)c(C)nc1N1CCC2(CC1)CO[C@@H](C)[C@H]2N. The quantitative estimate of drug-likeness (QED) is 0.672. The third-order valence-corrected chi connectivity index (χ3v) is 8.51. The van der Waals surface area contributed by atoms with E-state index in [1.54, 1.807) is 6.07 Å². The Labute approximate surface area is 192 Å². The zero-order chi connectivity index (χ0) is 21.5. The molecule has 3 heterocycles. The summed E-state index contributed by atoms with van der Waals surface area (Å²) in [5.41, 5.74) is 8.49. The largest absolute Gasteiger partial charge is 0.376 e. The van der Waals surface area contributed by atoms with Gasteiger partial charge in [-0.2, -0.15) is 0 Å². The van der Waals surface area contributed by atoms with Crippen LogP contribution in [0, 0.1) is 12.3 Å². The lowest BCUT2D eigenvalue weighted by atomic mass is 9.73. The molecule has 1 aromatic carbocycles. The minimum Gasteiger partial charge on any atom is -0.376 e. The van der Waals surface area contributed by atoms with E-state index in [0.29, 0.717) is 10.0 Å². The van der Waals surface area contributed by atoms with Crippen LogP contribution >= 0.6 is 35.0 Å². The van der Waals surface area contributed by atoms with E-state index >= 15 is 0 Å². The predicted octanol–water partition coefficient (Wildman–Crippen LogP) is 5.14. The van der Waals surface area contributed by atoms with E-state index in [0.717, 1.165) is 66.1 Å². The highest BCUT2D eigenvalue weighted by Gasteiger charge is 2.47. The number of hydrogen-bond donors (Lipinski definition) is 1. The van der Waals surface area contributed by atoms with Gasteiger partial charge in [0.15, 0.2) is 5.82 Å². The Bertz CT molecular complexity index is 934. The van der Waals surface area contributed by atoms with Gasteiger partial charge in [-0.25, -0.2) is 9.97 Å². The van der Waals surface area contributed by atoms with Gasteiger partial charge in [0.2, 0.25) is 0 Å².